The normalized spacial score (nSPS) is 23.2. The second kappa shape index (κ2) is 15.6. The molecule has 0 N–H and O–H groups in total. The van der Waals surface area contributed by atoms with Crippen LogP contribution in [0.4, 0.5) is 0 Å². The molecule has 0 spiro atoms. The molecule has 7 nitrogen and oxygen atoms in total. The first kappa shape index (κ1) is 37.0. The Kier molecular flexibility index (Phi) is 11.1. The van der Waals surface area contributed by atoms with Gasteiger partial charge >= 0.3 is 319 Å². The number of fused-ring (bicyclic) bond motifs is 2. The predicted molar refractivity (Wildman–Crippen MR) is 215 cm³/mol. The van der Waals surface area contributed by atoms with E-state index >= 15 is 0 Å². The summed E-state index contributed by atoms with van der Waals surface area (Å²) in [4.78, 5) is 11.9. The average Bonchev–Trinajstić information content (AvgIpc) is 3.79. The molecule has 7 rings (SSSR count). The van der Waals surface area contributed by atoms with Gasteiger partial charge in [-0.15, -0.1) is 0 Å². The summed E-state index contributed by atoms with van der Waals surface area (Å²) in [6.45, 7) is 10.5. The first-order valence-corrected chi connectivity index (χ1v) is 22.5. The Labute approximate surface area is 318 Å². The average molecular weight is 781 g/mol. The standard InChI is InChI=1S/C43H52N5O2PSe/c1-31(2)46(32(3)4)51(52)47-39(35-23-15-9-16-24-35)37(33-19-11-7-12-20-33)44-41(47)43(27-29-49-5,28-30-50-6)42-45-38(34-21-13-8-14-22-34)40(48(42)51)36-25-17-10-18-26-36/h7-26,31-32,37-40H,27-30H2,1-6H3/t37-,38-,39-,40-/m1/s1. The van der Waals surface area contributed by atoms with Gasteiger partial charge < -0.3 is 0 Å². The number of benzene rings is 4. The van der Waals surface area contributed by atoms with Crippen LogP contribution in [0.2, 0.25) is 0 Å². The number of hydrogen-bond acceptors (Lipinski definition) is 7. The van der Waals surface area contributed by atoms with Crippen molar-refractivity contribution < 1.29 is 9.47 Å². The van der Waals surface area contributed by atoms with Gasteiger partial charge in [0.2, 0.25) is 0 Å². The van der Waals surface area contributed by atoms with Crippen LogP contribution in [0.3, 0.4) is 0 Å². The van der Waals surface area contributed by atoms with Gasteiger partial charge in [-0.1, -0.05) is 0 Å². The molecule has 0 radical (unpaired) electrons. The van der Waals surface area contributed by atoms with Crippen molar-refractivity contribution in [2.75, 3.05) is 27.4 Å². The molecular weight excluding hydrogens is 728 g/mol. The number of hydrogen-bond donors (Lipinski definition) is 0. The van der Waals surface area contributed by atoms with Crippen molar-refractivity contribution in [3.63, 3.8) is 0 Å². The Morgan fingerprint density at radius 1 is 0.596 bits per heavy atom. The maximum absolute atomic E-state index is 5.97. The van der Waals surface area contributed by atoms with E-state index in [4.69, 9.17) is 19.5 Å². The molecule has 0 saturated carbocycles. The van der Waals surface area contributed by atoms with Crippen LogP contribution in [0.15, 0.2) is 131 Å². The van der Waals surface area contributed by atoms with Crippen LogP contribution in [0, 0.1) is 5.41 Å². The van der Waals surface area contributed by atoms with Crippen molar-refractivity contribution in [1.29, 1.82) is 0 Å². The quantitative estimate of drug-likeness (QED) is 0.100. The van der Waals surface area contributed by atoms with Crippen molar-refractivity contribution in [1.82, 2.24) is 14.0 Å². The number of nitrogens with zero attached hydrogens (tertiary/aromatic N) is 5. The summed E-state index contributed by atoms with van der Waals surface area (Å²) in [5.41, 5.74) is 4.35. The SMILES string of the molecule is COCCC1(CCOC)C2=N[C@H](c3ccccc3)[C@@H](c3ccccc3)N2P(=[Se])(N(C(C)C)C(C)C)N2C1=N[C@H](c1ccccc1)[C@H]2c1ccccc1. The fourth-order valence-corrected chi connectivity index (χ4v) is 17.5. The van der Waals surface area contributed by atoms with Crippen LogP contribution in [-0.4, -0.2) is 80.3 Å². The summed E-state index contributed by atoms with van der Waals surface area (Å²) in [7, 11) is 3.61. The number of rotatable bonds is 13. The molecule has 4 atom stereocenters. The van der Waals surface area contributed by atoms with E-state index in [-0.39, 0.29) is 36.3 Å². The second-order valence-electron chi connectivity index (χ2n) is 14.7. The Morgan fingerprint density at radius 3 is 1.23 bits per heavy atom. The summed E-state index contributed by atoms with van der Waals surface area (Å²) in [5.74, 6) is -0.473. The molecule has 0 aliphatic carbocycles. The topological polar surface area (TPSA) is 52.9 Å². The zero-order chi connectivity index (χ0) is 36.5. The number of aliphatic imine (C=N–C) groups is 2. The van der Waals surface area contributed by atoms with Crippen molar-refractivity contribution in [2.24, 2.45) is 15.4 Å². The van der Waals surface area contributed by atoms with Crippen molar-refractivity contribution in [3.8, 4) is 0 Å². The number of ether oxygens (including phenoxy) is 2. The molecule has 9 heteroatoms. The van der Waals surface area contributed by atoms with Crippen LogP contribution >= 0.6 is 5.96 Å². The van der Waals surface area contributed by atoms with Crippen molar-refractivity contribution in [2.45, 2.75) is 76.8 Å². The zero-order valence-electron chi connectivity index (χ0n) is 31.2. The van der Waals surface area contributed by atoms with E-state index < -0.39 is 11.4 Å². The van der Waals surface area contributed by atoms with Gasteiger partial charge in [0.1, 0.15) is 0 Å². The van der Waals surface area contributed by atoms with E-state index in [9.17, 15) is 0 Å². The molecule has 4 aromatic rings. The van der Waals surface area contributed by atoms with Crippen LogP contribution in [-0.2, 0) is 9.47 Å². The van der Waals surface area contributed by atoms with E-state index in [0.29, 0.717) is 13.2 Å². The minimum atomic E-state index is -2.66. The third kappa shape index (κ3) is 6.26. The van der Waals surface area contributed by atoms with Crippen molar-refractivity contribution >= 4 is 32.7 Å². The first-order chi connectivity index (χ1) is 25.3. The minimum absolute atomic E-state index is 0.0635. The van der Waals surface area contributed by atoms with Crippen LogP contribution < -0.4 is 0 Å². The Balaban J connectivity index is 1.61. The Bertz CT molecular complexity index is 1770. The predicted octanol–water partition coefficient (Wildman–Crippen LogP) is 9.42. The van der Waals surface area contributed by atoms with E-state index in [1.807, 2.05) is 0 Å². The van der Waals surface area contributed by atoms with E-state index in [2.05, 4.69) is 178 Å². The third-order valence-electron chi connectivity index (χ3n) is 10.9. The van der Waals surface area contributed by atoms with Gasteiger partial charge in [0.05, 0.1) is 0 Å². The molecule has 1 fully saturated rings. The summed E-state index contributed by atoms with van der Waals surface area (Å²) < 4.78 is 20.2. The molecule has 3 aliphatic heterocycles. The van der Waals surface area contributed by atoms with Crippen molar-refractivity contribution in [3.05, 3.63) is 144 Å². The molecule has 1 saturated heterocycles. The molecule has 3 heterocycles. The van der Waals surface area contributed by atoms with Gasteiger partial charge in [0.25, 0.3) is 0 Å². The molecule has 0 aromatic heterocycles. The van der Waals surface area contributed by atoms with Gasteiger partial charge in [-0.25, -0.2) is 0 Å². The molecule has 272 valence electrons. The second-order valence-corrected chi connectivity index (χ2v) is 20.1. The van der Waals surface area contributed by atoms with E-state index in [0.717, 1.165) is 24.5 Å². The summed E-state index contributed by atoms with van der Waals surface area (Å²) >= 11 is 4.06. The van der Waals surface area contributed by atoms with E-state index in [1.54, 1.807) is 14.2 Å². The zero-order valence-corrected chi connectivity index (χ0v) is 33.9. The van der Waals surface area contributed by atoms with Gasteiger partial charge in [0.15, 0.2) is 0 Å². The molecule has 52 heavy (non-hydrogen) atoms. The Hall–Kier alpha value is -3.35. The molecular formula is C43H52N5O2PSe. The van der Waals surface area contributed by atoms with Gasteiger partial charge in [-0.3, -0.25) is 0 Å². The molecule has 0 unspecified atom stereocenters. The molecule has 0 bridgehead atoms. The number of methoxy groups -OCH3 is 2. The van der Waals surface area contributed by atoms with Gasteiger partial charge in [-0.2, -0.15) is 0 Å². The van der Waals surface area contributed by atoms with Crippen LogP contribution in [0.5, 0.6) is 0 Å². The summed E-state index contributed by atoms with van der Waals surface area (Å²) in [5, 5.41) is 0. The first-order valence-electron chi connectivity index (χ1n) is 18.6. The summed E-state index contributed by atoms with van der Waals surface area (Å²) in [6.07, 6.45) is 1.46. The van der Waals surface area contributed by atoms with E-state index in [1.165, 1.54) is 22.3 Å². The molecule has 0 amide bonds. The maximum atomic E-state index is 5.97. The fraction of sp³-hybridized carbons (Fsp3) is 0.395. The van der Waals surface area contributed by atoms with Crippen LogP contribution in [0.1, 0.15) is 87.0 Å². The monoisotopic (exact) mass is 781 g/mol. The Morgan fingerprint density at radius 2 is 0.923 bits per heavy atom. The van der Waals surface area contributed by atoms with Gasteiger partial charge in [-0.05, 0) is 0 Å². The molecule has 4 aromatic carbocycles. The fourth-order valence-electron chi connectivity index (χ4n) is 8.82. The van der Waals surface area contributed by atoms with Crippen LogP contribution in [0.25, 0.3) is 0 Å². The van der Waals surface area contributed by atoms with Gasteiger partial charge in [0, 0.05) is 0 Å². The summed E-state index contributed by atoms with van der Waals surface area (Å²) in [6, 6.07) is 43.9. The number of amidine groups is 2. The molecule has 3 aliphatic rings. The third-order valence-corrected chi connectivity index (χ3v) is 17.8.